The quantitative estimate of drug-likeness (QED) is 0.0195. The Morgan fingerprint density at radius 1 is 0.735 bits per heavy atom. The van der Waals surface area contributed by atoms with E-state index < -0.39 is 133 Å². The predicted octanol–water partition coefficient (Wildman–Crippen LogP) is -2.04. The van der Waals surface area contributed by atoms with E-state index in [4.69, 9.17) is 17.2 Å². The van der Waals surface area contributed by atoms with Crippen LogP contribution in [0.15, 0.2) is 47.5 Å². The highest BCUT2D eigenvalue weighted by molar-refractivity contribution is 5.98. The number of aliphatic imine (C=N–C) groups is 1. The van der Waals surface area contributed by atoms with Crippen molar-refractivity contribution in [1.82, 2.24) is 52.3 Å². The lowest BCUT2D eigenvalue weighted by atomic mass is 10.0. The van der Waals surface area contributed by atoms with Crippen LogP contribution in [0.3, 0.4) is 0 Å². The van der Waals surface area contributed by atoms with Crippen LogP contribution in [0.1, 0.15) is 129 Å². The van der Waals surface area contributed by atoms with Gasteiger partial charge < -0.3 is 79.7 Å². The summed E-state index contributed by atoms with van der Waals surface area (Å²) in [5.74, 6) is -8.42. The summed E-state index contributed by atoms with van der Waals surface area (Å²) < 4.78 is 0. The maximum absolute atomic E-state index is 14.2. The minimum atomic E-state index is -1.60. The first kappa shape index (κ1) is 67.8. The van der Waals surface area contributed by atoms with Gasteiger partial charge in [0.15, 0.2) is 5.96 Å². The molecule has 0 aliphatic carbocycles. The van der Waals surface area contributed by atoms with Crippen LogP contribution in [-0.4, -0.2) is 185 Å². The number of carboxylic acid groups (broad SMARTS) is 1. The van der Waals surface area contributed by atoms with E-state index in [0.717, 1.165) is 0 Å². The summed E-state index contributed by atoms with van der Waals surface area (Å²) in [5, 5.41) is 41.4. The van der Waals surface area contributed by atoms with Crippen molar-refractivity contribution in [3.63, 3.8) is 0 Å². The van der Waals surface area contributed by atoms with E-state index in [0.29, 0.717) is 50.5 Å². The van der Waals surface area contributed by atoms with Crippen LogP contribution in [0.25, 0.3) is 0 Å². The van der Waals surface area contributed by atoms with Crippen LogP contribution >= 0.6 is 0 Å². The number of nitrogens with one attached hydrogen (secondary N) is 8. The van der Waals surface area contributed by atoms with Gasteiger partial charge in [-0.15, -0.1) is 0 Å². The first-order valence-electron chi connectivity index (χ1n) is 28.9. The number of aliphatic hydroxyl groups excluding tert-OH is 1. The summed E-state index contributed by atoms with van der Waals surface area (Å²) in [4.78, 5) is 157. The number of rotatable bonds is 27. The van der Waals surface area contributed by atoms with Gasteiger partial charge in [0.05, 0.1) is 13.2 Å². The Hall–Kier alpha value is -7.68. The van der Waals surface area contributed by atoms with Gasteiger partial charge in [0.1, 0.15) is 54.4 Å². The predicted molar refractivity (Wildman–Crippen MR) is 306 cm³/mol. The molecule has 2 saturated heterocycles. The molecule has 1 aromatic rings. The van der Waals surface area contributed by atoms with E-state index >= 15 is 0 Å². The third kappa shape index (κ3) is 22.5. The molecular formula is C56H88N14O13. The van der Waals surface area contributed by atoms with E-state index in [1.165, 1.54) is 15.9 Å². The average Bonchev–Trinajstić information content (AvgIpc) is 4.22. The fourth-order valence-corrected chi connectivity index (χ4v) is 10.1. The molecule has 460 valence electrons. The molecule has 83 heavy (non-hydrogen) atoms. The number of allylic oxidation sites excluding steroid dienone is 1. The third-order valence-corrected chi connectivity index (χ3v) is 14.5. The number of nitrogens with two attached hydrogens (primary N) is 3. The zero-order chi connectivity index (χ0) is 61.0. The smallest absolute Gasteiger partial charge is 0.326 e. The number of likely N-dealkylation sites (tertiary alicyclic amines) is 2. The highest BCUT2D eigenvalue weighted by atomic mass is 16.4. The topological polar surface area (TPSA) is 421 Å². The minimum Gasteiger partial charge on any atom is -0.480 e. The number of carboxylic acids is 1. The second kappa shape index (κ2) is 35.3. The normalized spacial score (nSPS) is 22.3. The van der Waals surface area contributed by atoms with Crippen molar-refractivity contribution >= 4 is 71.0 Å². The number of aliphatic hydroxyl groups is 1. The van der Waals surface area contributed by atoms with Crippen molar-refractivity contribution in [2.75, 3.05) is 39.3 Å². The number of amides is 10. The molecule has 27 nitrogen and oxygen atoms in total. The van der Waals surface area contributed by atoms with Crippen LogP contribution < -0.4 is 59.7 Å². The monoisotopic (exact) mass is 1160 g/mol. The molecular weight excluding hydrogens is 1080 g/mol. The van der Waals surface area contributed by atoms with Gasteiger partial charge >= 0.3 is 5.97 Å². The number of carbonyl (C=O) groups excluding carboxylic acids is 10. The van der Waals surface area contributed by atoms with Crippen LogP contribution in [0.4, 0.5) is 0 Å². The Labute approximate surface area is 484 Å². The van der Waals surface area contributed by atoms with Crippen LogP contribution in [0, 0.1) is 5.92 Å². The molecule has 3 aliphatic heterocycles. The van der Waals surface area contributed by atoms with Gasteiger partial charge in [0, 0.05) is 32.5 Å². The Bertz CT molecular complexity index is 2440. The number of unbranched alkanes of at least 4 members (excludes halogenated alkanes) is 2. The highest BCUT2D eigenvalue weighted by Crippen LogP contribution is 2.23. The van der Waals surface area contributed by atoms with Crippen LogP contribution in [-0.2, 0) is 59.2 Å². The largest absolute Gasteiger partial charge is 0.480 e. The third-order valence-electron chi connectivity index (χ3n) is 14.5. The molecule has 16 N–H and O–H groups in total. The molecule has 2 fully saturated rings. The maximum Gasteiger partial charge on any atom is 0.326 e. The Balaban J connectivity index is 1.46. The molecule has 27 heteroatoms. The van der Waals surface area contributed by atoms with E-state index in [2.05, 4.69) is 47.5 Å². The zero-order valence-corrected chi connectivity index (χ0v) is 48.0. The van der Waals surface area contributed by atoms with E-state index in [1.807, 2.05) is 6.92 Å². The number of nitrogens with zero attached hydrogens (tertiary/aromatic N) is 3. The lowest BCUT2D eigenvalue weighted by Gasteiger charge is -2.31. The second-order valence-corrected chi connectivity index (χ2v) is 21.6. The summed E-state index contributed by atoms with van der Waals surface area (Å²) in [7, 11) is 0. The van der Waals surface area contributed by atoms with Crippen LogP contribution in [0.5, 0.6) is 0 Å². The summed E-state index contributed by atoms with van der Waals surface area (Å²) in [6, 6.07) is -2.04. The average molecular weight is 1170 g/mol. The molecule has 0 aromatic heterocycles. The number of benzene rings is 1. The maximum atomic E-state index is 14.2. The number of hydrogen-bond donors (Lipinski definition) is 13. The lowest BCUT2D eigenvalue weighted by molar-refractivity contribution is -0.145. The van der Waals surface area contributed by atoms with E-state index in [1.54, 1.807) is 50.3 Å². The van der Waals surface area contributed by atoms with E-state index in [-0.39, 0.29) is 102 Å². The molecule has 0 spiro atoms. The molecule has 3 heterocycles. The zero-order valence-electron chi connectivity index (χ0n) is 48.0. The van der Waals surface area contributed by atoms with Gasteiger partial charge in [-0.05, 0) is 101 Å². The summed E-state index contributed by atoms with van der Waals surface area (Å²) in [6.45, 7) is 4.83. The first-order chi connectivity index (χ1) is 39.7. The number of aliphatic carboxylic acids is 1. The minimum absolute atomic E-state index is 0.0319. The Morgan fingerprint density at radius 3 is 1.99 bits per heavy atom. The molecule has 3 aliphatic rings. The van der Waals surface area contributed by atoms with Crippen molar-refractivity contribution in [3.05, 3.63) is 48.0 Å². The Kier molecular flexibility index (Phi) is 28.9. The highest BCUT2D eigenvalue weighted by Gasteiger charge is 2.41. The lowest BCUT2D eigenvalue weighted by Crippen LogP contribution is -2.60. The standard InChI is InChI=1S/C56H88N14O13/c1-4-5-19-39(54(81)70-29-16-24-44(70)53(80)67-41(55(82)83)31-35-17-8-6-9-18-35)65-52(79)43-23-15-28-69(43)46(73)32-61-47(74)36(21-12-13-26-57)63-49(76)38-20-10-7-11-25-45(72)62-37(22-14-27-60-56(58)59)48(75)66-40(30-34(2)3)50(77)68-42(33-71)51(78)64-38/h6-10,17-18,34,36-44,71H,4-5,11-16,19-33,57H2,1-3H3,(H,61,74)(H,62,72)(H,63,76)(H,64,78)(H,65,79)(H,66,75)(H,67,80)(H,68,77)(H,82,83)(H4,58,59,60)/b10-7-/t36-,37-,38-,39-,40-,41-,42-,43-,44-/m0/s1. The fourth-order valence-electron chi connectivity index (χ4n) is 10.1. The van der Waals surface area contributed by atoms with Gasteiger partial charge in [0.2, 0.25) is 59.1 Å². The molecule has 10 amide bonds. The molecule has 0 saturated carbocycles. The number of guanidine groups is 1. The number of carbonyl (C=O) groups is 11. The summed E-state index contributed by atoms with van der Waals surface area (Å²) >= 11 is 0. The van der Waals surface area contributed by atoms with Crippen molar-refractivity contribution in [3.8, 4) is 0 Å². The SMILES string of the molecule is CCCC[C@H](NC(=O)[C@@H]1CCCN1C(=O)CNC(=O)[C@H](CCCCN)NC(=O)[C@@H]1C/C=C\CCC(=O)N[C@@H](CCCN=C(N)N)C(=O)N[C@@H](CC(C)C)C(=O)N[C@@H](CO)C(=O)N1)C(=O)N1CCC[C@H]1C(=O)N[C@@H](Cc1ccccc1)C(=O)O. The van der Waals surface area contributed by atoms with Gasteiger partial charge in [-0.2, -0.15) is 0 Å². The molecule has 0 radical (unpaired) electrons. The van der Waals surface area contributed by atoms with Gasteiger partial charge in [0.25, 0.3) is 0 Å². The van der Waals surface area contributed by atoms with Crippen molar-refractivity contribution in [2.24, 2.45) is 28.1 Å². The van der Waals surface area contributed by atoms with Gasteiger partial charge in [-0.3, -0.25) is 52.9 Å². The molecule has 0 unspecified atom stereocenters. The molecule has 4 rings (SSSR count). The molecule has 1 aromatic carbocycles. The molecule has 9 atom stereocenters. The van der Waals surface area contributed by atoms with Gasteiger partial charge in [-0.1, -0.05) is 76.1 Å². The van der Waals surface area contributed by atoms with E-state index in [9.17, 15) is 63.0 Å². The van der Waals surface area contributed by atoms with Crippen molar-refractivity contribution < 1.29 is 63.0 Å². The first-order valence-corrected chi connectivity index (χ1v) is 28.9. The van der Waals surface area contributed by atoms with Crippen LogP contribution in [0.2, 0.25) is 0 Å². The fraction of sp³-hybridized carbons (Fsp3) is 0.643. The molecule has 0 bridgehead atoms. The van der Waals surface area contributed by atoms with Gasteiger partial charge in [-0.25, -0.2) is 4.79 Å². The summed E-state index contributed by atoms with van der Waals surface area (Å²) in [6.07, 6.45) is 7.33. The second-order valence-electron chi connectivity index (χ2n) is 21.6. The Morgan fingerprint density at radius 2 is 1.35 bits per heavy atom. The summed E-state index contributed by atoms with van der Waals surface area (Å²) in [5.41, 5.74) is 17.3. The number of hydrogen-bond acceptors (Lipinski definition) is 14. The van der Waals surface area contributed by atoms with Crippen molar-refractivity contribution in [2.45, 2.75) is 184 Å². The van der Waals surface area contributed by atoms with Crippen molar-refractivity contribution in [1.29, 1.82) is 0 Å².